The minimum Gasteiger partial charge on any atom is -0.480 e. The van der Waals surface area contributed by atoms with Crippen LogP contribution in [0.1, 0.15) is 6.92 Å². The summed E-state index contributed by atoms with van der Waals surface area (Å²) in [6, 6.07) is 7.13. The first-order valence-corrected chi connectivity index (χ1v) is 5.82. The molecule has 2 rings (SSSR count). The number of thiocarbonyl (C=S) groups is 1. The summed E-state index contributed by atoms with van der Waals surface area (Å²) in [7, 11) is 0. The molecule has 0 spiro atoms. The van der Waals surface area contributed by atoms with Gasteiger partial charge < -0.3 is 20.5 Å². The Balaban J connectivity index is 2.43. The molecule has 1 heterocycles. The molecule has 94 valence electrons. The number of ether oxygens (including phenoxy) is 1. The number of benzene rings is 1. The normalized spacial score (nSPS) is 17.2. The van der Waals surface area contributed by atoms with E-state index in [9.17, 15) is 9.90 Å². The number of hydrogen-bond acceptors (Lipinski definition) is 4. The summed E-state index contributed by atoms with van der Waals surface area (Å²) in [5, 5.41) is 15.2. The second-order valence-corrected chi connectivity index (χ2v) is 3.98. The fourth-order valence-corrected chi connectivity index (χ4v) is 1.87. The number of aliphatic hydroxyl groups excluding tert-OH is 1. The summed E-state index contributed by atoms with van der Waals surface area (Å²) >= 11 is 5.09. The van der Waals surface area contributed by atoms with E-state index in [-0.39, 0.29) is 17.2 Å². The second kappa shape index (κ2) is 5.05. The fraction of sp³-hybridized carbons (Fsp3) is 0.167. The third kappa shape index (κ3) is 2.28. The molecule has 0 aliphatic carbocycles. The molecule has 1 aliphatic heterocycles. The van der Waals surface area contributed by atoms with Crippen LogP contribution in [0.15, 0.2) is 35.8 Å². The van der Waals surface area contributed by atoms with Crippen molar-refractivity contribution in [2.45, 2.75) is 6.92 Å². The summed E-state index contributed by atoms with van der Waals surface area (Å²) in [5.74, 6) is -0.969. The molecule has 1 aromatic carbocycles. The summed E-state index contributed by atoms with van der Waals surface area (Å²) in [6.45, 7) is 1.95. The van der Waals surface area contributed by atoms with Gasteiger partial charge in [-0.25, -0.2) is 0 Å². The molecule has 0 fully saturated rings. The van der Waals surface area contributed by atoms with Crippen LogP contribution in [-0.4, -0.2) is 22.6 Å². The van der Waals surface area contributed by atoms with E-state index in [1.165, 1.54) is 0 Å². The van der Waals surface area contributed by atoms with Gasteiger partial charge in [0.25, 0.3) is 11.9 Å². The molecular weight excluding hydrogens is 252 g/mol. The standard InChI is InChI=1S/C12H12N2O3S/c1-2-17-12(16)9-10(15)13-7-5-3-4-6-8(7)14-11(9)18/h3-6,16H,2H2,1H3,(H,13,15)(H,14,18)/b12-9-. The highest BCUT2D eigenvalue weighted by molar-refractivity contribution is 7.81. The molecular formula is C12H12N2O3S. The molecule has 1 aliphatic rings. The first kappa shape index (κ1) is 12.4. The average molecular weight is 264 g/mol. The van der Waals surface area contributed by atoms with E-state index in [1.807, 2.05) is 6.07 Å². The molecule has 0 atom stereocenters. The predicted octanol–water partition coefficient (Wildman–Crippen LogP) is 2.18. The first-order valence-electron chi connectivity index (χ1n) is 5.41. The van der Waals surface area contributed by atoms with Gasteiger partial charge in [-0.2, -0.15) is 0 Å². The van der Waals surface area contributed by atoms with Gasteiger partial charge in [0.2, 0.25) is 0 Å². The van der Waals surface area contributed by atoms with Gasteiger partial charge in [-0.05, 0) is 19.1 Å². The molecule has 0 radical (unpaired) electrons. The van der Waals surface area contributed by atoms with Gasteiger partial charge in [0.1, 0.15) is 4.99 Å². The van der Waals surface area contributed by atoms with Crippen LogP contribution >= 0.6 is 12.2 Å². The van der Waals surface area contributed by atoms with Crippen LogP contribution in [0.5, 0.6) is 0 Å². The number of carbonyl (C=O) groups is 1. The number of hydrogen-bond donors (Lipinski definition) is 3. The van der Waals surface area contributed by atoms with Crippen LogP contribution < -0.4 is 10.6 Å². The zero-order chi connectivity index (χ0) is 13.1. The lowest BCUT2D eigenvalue weighted by Gasteiger charge is -2.08. The van der Waals surface area contributed by atoms with E-state index in [0.717, 1.165) is 0 Å². The highest BCUT2D eigenvalue weighted by atomic mass is 32.1. The van der Waals surface area contributed by atoms with Crippen LogP contribution in [0.2, 0.25) is 0 Å². The van der Waals surface area contributed by atoms with Crippen molar-refractivity contribution in [1.82, 2.24) is 0 Å². The van der Waals surface area contributed by atoms with E-state index >= 15 is 0 Å². The maximum Gasteiger partial charge on any atom is 0.293 e. The van der Waals surface area contributed by atoms with Crippen LogP contribution in [0.3, 0.4) is 0 Å². The smallest absolute Gasteiger partial charge is 0.293 e. The second-order valence-electron chi connectivity index (χ2n) is 3.57. The molecule has 1 aromatic rings. The highest BCUT2D eigenvalue weighted by Crippen LogP contribution is 2.26. The molecule has 0 saturated heterocycles. The number of aliphatic hydroxyl groups is 1. The van der Waals surface area contributed by atoms with Gasteiger partial charge in [-0.15, -0.1) is 0 Å². The van der Waals surface area contributed by atoms with E-state index in [1.54, 1.807) is 25.1 Å². The third-order valence-corrected chi connectivity index (χ3v) is 2.68. The first-order chi connectivity index (χ1) is 8.63. The van der Waals surface area contributed by atoms with Crippen LogP contribution in [0.4, 0.5) is 11.4 Å². The number of nitrogens with one attached hydrogen (secondary N) is 2. The van der Waals surface area contributed by atoms with Crippen molar-refractivity contribution in [2.24, 2.45) is 0 Å². The Morgan fingerprint density at radius 3 is 2.56 bits per heavy atom. The number of carbonyl (C=O) groups excluding carboxylic acids is 1. The van der Waals surface area contributed by atoms with Gasteiger partial charge in [0, 0.05) is 0 Å². The number of amides is 1. The zero-order valence-electron chi connectivity index (χ0n) is 9.69. The van der Waals surface area contributed by atoms with Crippen LogP contribution in [0.25, 0.3) is 0 Å². The molecule has 0 bridgehead atoms. The molecule has 3 N–H and O–H groups in total. The Morgan fingerprint density at radius 2 is 1.94 bits per heavy atom. The molecule has 1 amide bonds. The Morgan fingerprint density at radius 1 is 1.33 bits per heavy atom. The molecule has 0 aromatic heterocycles. The maximum absolute atomic E-state index is 12.0. The van der Waals surface area contributed by atoms with Crippen molar-refractivity contribution >= 4 is 34.5 Å². The van der Waals surface area contributed by atoms with Gasteiger partial charge in [-0.1, -0.05) is 24.4 Å². The molecule has 0 saturated carbocycles. The van der Waals surface area contributed by atoms with Crippen LogP contribution in [0, 0.1) is 0 Å². The Bertz CT molecular complexity index is 501. The van der Waals surface area contributed by atoms with Crippen LogP contribution in [-0.2, 0) is 9.53 Å². The van der Waals surface area contributed by atoms with Crippen molar-refractivity contribution in [3.05, 3.63) is 35.8 Å². The lowest BCUT2D eigenvalue weighted by Crippen LogP contribution is -2.22. The Hall–Kier alpha value is -2.08. The number of anilines is 2. The lowest BCUT2D eigenvalue weighted by atomic mass is 10.2. The SMILES string of the molecule is CCO/C(O)=C1/C(=O)Nc2ccccc2NC1=S. The Labute approximate surface area is 109 Å². The van der Waals surface area contributed by atoms with Crippen molar-refractivity contribution in [3.8, 4) is 0 Å². The third-order valence-electron chi connectivity index (χ3n) is 2.37. The number of rotatable bonds is 2. The van der Waals surface area contributed by atoms with Gasteiger partial charge in [0.15, 0.2) is 5.57 Å². The number of para-hydroxylation sites is 2. The highest BCUT2D eigenvalue weighted by Gasteiger charge is 2.26. The fourth-order valence-electron chi connectivity index (χ4n) is 1.58. The average Bonchev–Trinajstić information content (AvgIpc) is 2.44. The van der Waals surface area contributed by atoms with Gasteiger partial charge in [0.05, 0.1) is 18.0 Å². The van der Waals surface area contributed by atoms with Gasteiger partial charge >= 0.3 is 0 Å². The summed E-state index contributed by atoms with van der Waals surface area (Å²) in [6.07, 6.45) is 0. The maximum atomic E-state index is 12.0. The van der Waals surface area contributed by atoms with Crippen molar-refractivity contribution in [3.63, 3.8) is 0 Å². The summed E-state index contributed by atoms with van der Waals surface area (Å²) in [5.41, 5.74) is 1.21. The topological polar surface area (TPSA) is 70.6 Å². The van der Waals surface area contributed by atoms with E-state index in [2.05, 4.69) is 10.6 Å². The molecule has 5 nitrogen and oxygen atoms in total. The van der Waals surface area contributed by atoms with Gasteiger partial charge in [-0.3, -0.25) is 4.79 Å². The predicted molar refractivity (Wildman–Crippen MR) is 72.6 cm³/mol. The Kier molecular flexibility index (Phi) is 3.47. The minimum absolute atomic E-state index is 0.0666. The quantitative estimate of drug-likeness (QED) is 0.434. The minimum atomic E-state index is -0.497. The van der Waals surface area contributed by atoms with Crippen molar-refractivity contribution < 1.29 is 14.6 Å². The van der Waals surface area contributed by atoms with E-state index in [0.29, 0.717) is 11.4 Å². The van der Waals surface area contributed by atoms with Crippen molar-refractivity contribution in [2.75, 3.05) is 17.2 Å². The van der Waals surface area contributed by atoms with Crippen molar-refractivity contribution in [1.29, 1.82) is 0 Å². The summed E-state index contributed by atoms with van der Waals surface area (Å²) < 4.78 is 4.92. The number of fused-ring (bicyclic) bond motifs is 1. The molecule has 6 heteroatoms. The summed E-state index contributed by atoms with van der Waals surface area (Å²) in [4.78, 5) is 12.1. The molecule has 18 heavy (non-hydrogen) atoms. The molecule has 0 unspecified atom stereocenters. The monoisotopic (exact) mass is 264 g/mol. The zero-order valence-corrected chi connectivity index (χ0v) is 10.5. The lowest BCUT2D eigenvalue weighted by molar-refractivity contribution is -0.112. The largest absolute Gasteiger partial charge is 0.480 e. The van der Waals surface area contributed by atoms with E-state index < -0.39 is 11.9 Å². The van der Waals surface area contributed by atoms with E-state index in [4.69, 9.17) is 17.0 Å².